The number of nitrogens with one attached hydrogen (secondary N) is 1. The highest BCUT2D eigenvalue weighted by atomic mass is 35.5. The Kier molecular flexibility index (Phi) is 8.02. The van der Waals surface area contributed by atoms with Gasteiger partial charge in [0.2, 0.25) is 5.91 Å². The maximum atomic E-state index is 13.6. The molecule has 190 valence electrons. The van der Waals surface area contributed by atoms with Crippen molar-refractivity contribution >= 4 is 55.5 Å². The van der Waals surface area contributed by atoms with Crippen molar-refractivity contribution in [1.29, 1.82) is 0 Å². The van der Waals surface area contributed by atoms with Crippen molar-refractivity contribution in [2.45, 2.75) is 44.4 Å². The van der Waals surface area contributed by atoms with Crippen molar-refractivity contribution in [3.63, 3.8) is 0 Å². The minimum absolute atomic E-state index is 0.0611. The standard InChI is InChI=1S/C26H27ClN2O5S2/c1-3-34-26(31)24-20-11-7-8-12-22(20)35-25(24)28-23(30)16-29(21-14-13-18(27)15-17(21)2)36(32,33)19-9-5-4-6-10-19/h4-6,9-10,13-15H,3,7-8,11-12,16H2,1-2H3,(H,28,30). The van der Waals surface area contributed by atoms with Gasteiger partial charge in [0, 0.05) is 9.90 Å². The molecule has 0 spiro atoms. The number of esters is 1. The van der Waals surface area contributed by atoms with Crippen LogP contribution in [0.4, 0.5) is 10.7 Å². The molecule has 0 aliphatic heterocycles. The maximum absolute atomic E-state index is 13.6. The number of aryl methyl sites for hydroxylation is 2. The summed E-state index contributed by atoms with van der Waals surface area (Å²) in [6, 6.07) is 12.8. The number of rotatable bonds is 8. The summed E-state index contributed by atoms with van der Waals surface area (Å²) < 4.78 is 33.6. The molecule has 1 heterocycles. The lowest BCUT2D eigenvalue weighted by atomic mass is 9.95. The Morgan fingerprint density at radius 2 is 1.83 bits per heavy atom. The summed E-state index contributed by atoms with van der Waals surface area (Å²) in [6.07, 6.45) is 3.56. The molecule has 10 heteroatoms. The molecule has 1 aliphatic carbocycles. The third kappa shape index (κ3) is 5.43. The van der Waals surface area contributed by atoms with Crippen molar-refractivity contribution in [2.24, 2.45) is 0 Å². The first-order valence-electron chi connectivity index (χ1n) is 11.7. The van der Waals surface area contributed by atoms with Gasteiger partial charge in [-0.1, -0.05) is 29.8 Å². The molecule has 1 aliphatic rings. The first-order valence-corrected chi connectivity index (χ1v) is 14.3. The molecule has 0 saturated carbocycles. The number of sulfonamides is 1. The third-order valence-electron chi connectivity index (χ3n) is 5.95. The van der Waals surface area contributed by atoms with Crippen LogP contribution >= 0.6 is 22.9 Å². The smallest absolute Gasteiger partial charge is 0.341 e. The van der Waals surface area contributed by atoms with E-state index in [-0.39, 0.29) is 11.5 Å². The number of hydrogen-bond donors (Lipinski definition) is 1. The second-order valence-electron chi connectivity index (χ2n) is 8.44. The molecule has 36 heavy (non-hydrogen) atoms. The van der Waals surface area contributed by atoms with Crippen LogP contribution in [0.25, 0.3) is 0 Å². The largest absolute Gasteiger partial charge is 0.462 e. The number of thiophene rings is 1. The van der Waals surface area contributed by atoms with Crippen LogP contribution in [0.2, 0.25) is 5.02 Å². The van der Waals surface area contributed by atoms with E-state index in [9.17, 15) is 18.0 Å². The number of carbonyl (C=O) groups is 2. The number of benzene rings is 2. The zero-order chi connectivity index (χ0) is 25.9. The van der Waals surface area contributed by atoms with Crippen molar-refractivity contribution < 1.29 is 22.7 Å². The van der Waals surface area contributed by atoms with Gasteiger partial charge in [-0.15, -0.1) is 11.3 Å². The molecule has 0 saturated heterocycles. The van der Waals surface area contributed by atoms with E-state index >= 15 is 0 Å². The lowest BCUT2D eigenvalue weighted by Crippen LogP contribution is -2.38. The first kappa shape index (κ1) is 26.2. The Balaban J connectivity index is 1.69. The monoisotopic (exact) mass is 546 g/mol. The van der Waals surface area contributed by atoms with Crippen LogP contribution in [0, 0.1) is 6.92 Å². The number of ether oxygens (including phenoxy) is 1. The quantitative estimate of drug-likeness (QED) is 0.371. The molecule has 0 fully saturated rings. The molecule has 0 unspecified atom stereocenters. The van der Waals surface area contributed by atoms with Crippen LogP contribution in [0.5, 0.6) is 0 Å². The van der Waals surface area contributed by atoms with E-state index in [0.29, 0.717) is 26.8 Å². The molecule has 0 atom stereocenters. The molecule has 4 rings (SSSR count). The van der Waals surface area contributed by atoms with E-state index in [4.69, 9.17) is 16.3 Å². The molecular formula is C26H27ClN2O5S2. The Morgan fingerprint density at radius 3 is 2.53 bits per heavy atom. The fourth-order valence-electron chi connectivity index (χ4n) is 4.29. The average Bonchev–Trinajstić information content (AvgIpc) is 3.21. The number of fused-ring (bicyclic) bond motifs is 1. The van der Waals surface area contributed by atoms with Crippen LogP contribution < -0.4 is 9.62 Å². The first-order chi connectivity index (χ1) is 17.2. The Hall–Kier alpha value is -2.88. The van der Waals surface area contributed by atoms with Crippen molar-refractivity contribution in [3.8, 4) is 0 Å². The minimum atomic E-state index is -4.07. The van der Waals surface area contributed by atoms with Gasteiger partial charge in [0.1, 0.15) is 11.5 Å². The minimum Gasteiger partial charge on any atom is -0.462 e. The molecule has 1 aromatic heterocycles. The summed E-state index contributed by atoms with van der Waals surface area (Å²) in [5, 5.41) is 3.67. The highest BCUT2D eigenvalue weighted by molar-refractivity contribution is 7.92. The zero-order valence-electron chi connectivity index (χ0n) is 20.0. The molecule has 1 amide bonds. The van der Waals surface area contributed by atoms with E-state index in [2.05, 4.69) is 5.32 Å². The second kappa shape index (κ2) is 11.0. The lowest BCUT2D eigenvalue weighted by molar-refractivity contribution is -0.114. The van der Waals surface area contributed by atoms with Gasteiger partial charge in [0.25, 0.3) is 10.0 Å². The maximum Gasteiger partial charge on any atom is 0.341 e. The van der Waals surface area contributed by atoms with E-state index in [1.54, 1.807) is 50.2 Å². The lowest BCUT2D eigenvalue weighted by Gasteiger charge is -2.25. The fourth-order valence-corrected chi connectivity index (χ4v) is 7.31. The fraction of sp³-hybridized carbons (Fsp3) is 0.308. The predicted octanol–water partition coefficient (Wildman–Crippen LogP) is 5.60. The molecule has 3 aromatic rings. The number of hydrogen-bond acceptors (Lipinski definition) is 6. The van der Waals surface area contributed by atoms with Crippen LogP contribution in [0.1, 0.15) is 46.1 Å². The number of carbonyl (C=O) groups excluding carboxylic acids is 2. The molecule has 1 N–H and O–H groups in total. The van der Waals surface area contributed by atoms with Gasteiger partial charge in [-0.05, 0) is 81.0 Å². The number of anilines is 2. The summed E-state index contributed by atoms with van der Waals surface area (Å²) in [5.41, 5.74) is 2.25. The van der Waals surface area contributed by atoms with E-state index in [1.165, 1.54) is 23.5 Å². The number of halogens is 1. The number of nitrogens with zero attached hydrogens (tertiary/aromatic N) is 1. The Labute approximate surface area is 220 Å². The van der Waals surface area contributed by atoms with Gasteiger partial charge in [-0.25, -0.2) is 13.2 Å². The summed E-state index contributed by atoms with van der Waals surface area (Å²) in [5.74, 6) is -1.04. The van der Waals surface area contributed by atoms with Crippen molar-refractivity contribution in [2.75, 3.05) is 22.8 Å². The predicted molar refractivity (Wildman–Crippen MR) is 143 cm³/mol. The molecule has 7 nitrogen and oxygen atoms in total. The Morgan fingerprint density at radius 1 is 1.11 bits per heavy atom. The van der Waals surface area contributed by atoms with Gasteiger partial charge >= 0.3 is 5.97 Å². The van der Waals surface area contributed by atoms with Gasteiger partial charge in [-0.3, -0.25) is 9.10 Å². The van der Waals surface area contributed by atoms with Crippen LogP contribution in [-0.2, 0) is 32.4 Å². The van der Waals surface area contributed by atoms with Gasteiger partial charge in [-0.2, -0.15) is 0 Å². The number of amides is 1. The van der Waals surface area contributed by atoms with Crippen molar-refractivity contribution in [1.82, 2.24) is 0 Å². The molecule has 0 bridgehead atoms. The van der Waals surface area contributed by atoms with Gasteiger partial charge < -0.3 is 10.1 Å². The highest BCUT2D eigenvalue weighted by Crippen LogP contribution is 2.39. The molecule has 2 aromatic carbocycles. The summed E-state index contributed by atoms with van der Waals surface area (Å²) >= 11 is 7.46. The van der Waals surface area contributed by atoms with Crippen LogP contribution in [-0.4, -0.2) is 33.4 Å². The summed E-state index contributed by atoms with van der Waals surface area (Å²) in [6.45, 7) is 3.20. The van der Waals surface area contributed by atoms with Crippen molar-refractivity contribution in [3.05, 3.63) is 75.1 Å². The average molecular weight is 547 g/mol. The zero-order valence-corrected chi connectivity index (χ0v) is 22.4. The Bertz CT molecular complexity index is 1390. The van der Waals surface area contributed by atoms with E-state index in [1.807, 2.05) is 0 Å². The second-order valence-corrected chi connectivity index (χ2v) is 11.8. The highest BCUT2D eigenvalue weighted by Gasteiger charge is 2.31. The third-order valence-corrected chi connectivity index (χ3v) is 9.17. The topological polar surface area (TPSA) is 92.8 Å². The normalized spacial score (nSPS) is 13.1. The van der Waals surface area contributed by atoms with Gasteiger partial charge in [0.05, 0.1) is 22.8 Å². The van der Waals surface area contributed by atoms with E-state index in [0.717, 1.165) is 40.4 Å². The van der Waals surface area contributed by atoms with Gasteiger partial charge in [0.15, 0.2) is 0 Å². The van der Waals surface area contributed by atoms with Crippen LogP contribution in [0.15, 0.2) is 53.4 Å². The van der Waals surface area contributed by atoms with E-state index < -0.39 is 28.4 Å². The molecule has 0 radical (unpaired) electrons. The SMILES string of the molecule is CCOC(=O)c1c(NC(=O)CN(c2ccc(Cl)cc2C)S(=O)(=O)c2ccccc2)sc2c1CCCC2. The summed E-state index contributed by atoms with van der Waals surface area (Å²) in [7, 11) is -4.07. The van der Waals surface area contributed by atoms with Crippen LogP contribution in [0.3, 0.4) is 0 Å². The summed E-state index contributed by atoms with van der Waals surface area (Å²) in [4.78, 5) is 27.2. The molecular weight excluding hydrogens is 520 g/mol.